The summed E-state index contributed by atoms with van der Waals surface area (Å²) in [5.41, 5.74) is 0.348. The summed E-state index contributed by atoms with van der Waals surface area (Å²) in [4.78, 5) is 40.1. The van der Waals surface area contributed by atoms with Gasteiger partial charge in [0.1, 0.15) is 6.29 Å². The van der Waals surface area contributed by atoms with Crippen molar-refractivity contribution in [2.45, 2.75) is 31.7 Å². The van der Waals surface area contributed by atoms with Crippen molar-refractivity contribution in [1.82, 2.24) is 20.9 Å². The monoisotopic (exact) mass is 425 g/mol. The largest absolute Gasteiger partial charge is 0.340 e. The highest BCUT2D eigenvalue weighted by atomic mass is 35.5. The molecule has 10 heteroatoms. The lowest BCUT2D eigenvalue weighted by atomic mass is 9.81. The normalized spacial score (nSPS) is 30.4. The second kappa shape index (κ2) is 7.87. The number of carbonyl (C=O) groups excluding carboxylic acids is 3. The minimum atomic E-state index is -0.819. The van der Waals surface area contributed by atoms with Gasteiger partial charge in [0.05, 0.1) is 28.7 Å². The number of hydrogen-bond donors (Lipinski definition) is 4. The molecule has 0 spiro atoms. The van der Waals surface area contributed by atoms with Gasteiger partial charge in [-0.15, -0.1) is 0 Å². The van der Waals surface area contributed by atoms with Crippen molar-refractivity contribution in [3.05, 3.63) is 28.2 Å². The Hall–Kier alpha value is -1.87. The van der Waals surface area contributed by atoms with E-state index >= 15 is 0 Å². The first-order valence-corrected chi connectivity index (χ1v) is 10.0. The Morgan fingerprint density at radius 2 is 1.89 bits per heavy atom. The van der Waals surface area contributed by atoms with Crippen LogP contribution >= 0.6 is 23.2 Å². The van der Waals surface area contributed by atoms with Gasteiger partial charge in [0, 0.05) is 24.5 Å². The number of anilines is 1. The molecule has 3 aliphatic heterocycles. The summed E-state index contributed by atoms with van der Waals surface area (Å²) >= 11 is 12.1. The molecule has 0 radical (unpaired) electrons. The molecule has 150 valence electrons. The Labute approximate surface area is 172 Å². The quantitative estimate of drug-likeness (QED) is 0.580. The van der Waals surface area contributed by atoms with Crippen LogP contribution in [0.2, 0.25) is 10.0 Å². The fourth-order valence-electron chi connectivity index (χ4n) is 4.07. The van der Waals surface area contributed by atoms with E-state index in [1.165, 1.54) is 6.07 Å². The van der Waals surface area contributed by atoms with E-state index in [0.717, 1.165) is 25.9 Å². The van der Waals surface area contributed by atoms with E-state index in [9.17, 15) is 14.4 Å². The van der Waals surface area contributed by atoms with Gasteiger partial charge < -0.3 is 16.0 Å². The van der Waals surface area contributed by atoms with Crippen LogP contribution in [0.3, 0.4) is 0 Å². The van der Waals surface area contributed by atoms with Crippen LogP contribution in [-0.4, -0.2) is 48.2 Å². The minimum Gasteiger partial charge on any atom is -0.340 e. The molecular weight excluding hydrogens is 405 g/mol. The van der Waals surface area contributed by atoms with E-state index in [4.69, 9.17) is 23.2 Å². The van der Waals surface area contributed by atoms with Crippen LogP contribution in [0.5, 0.6) is 0 Å². The molecule has 1 aromatic rings. The van der Waals surface area contributed by atoms with Crippen molar-refractivity contribution in [2.24, 2.45) is 11.8 Å². The molecule has 28 heavy (non-hydrogen) atoms. The van der Waals surface area contributed by atoms with E-state index in [-0.39, 0.29) is 24.5 Å². The van der Waals surface area contributed by atoms with Gasteiger partial charge >= 0.3 is 0 Å². The van der Waals surface area contributed by atoms with Gasteiger partial charge in [-0.25, -0.2) is 0 Å². The number of halogens is 2. The molecule has 0 aliphatic carbocycles. The average molecular weight is 426 g/mol. The van der Waals surface area contributed by atoms with Gasteiger partial charge in [-0.1, -0.05) is 23.2 Å². The third-order valence-electron chi connectivity index (χ3n) is 5.46. The predicted octanol–water partition coefficient (Wildman–Crippen LogP) is 1.11. The number of rotatable bonds is 3. The van der Waals surface area contributed by atoms with Crippen LogP contribution in [0.25, 0.3) is 0 Å². The highest BCUT2D eigenvalue weighted by Crippen LogP contribution is 2.31. The Kier molecular flexibility index (Phi) is 5.46. The number of nitrogens with one attached hydrogen (secondary N) is 4. The zero-order valence-corrected chi connectivity index (χ0v) is 16.5. The molecule has 4 atom stereocenters. The highest BCUT2D eigenvalue weighted by Gasteiger charge is 2.49. The summed E-state index contributed by atoms with van der Waals surface area (Å²) in [7, 11) is 0. The Balaban J connectivity index is 1.52. The maximum absolute atomic E-state index is 12.9. The van der Waals surface area contributed by atoms with Crippen molar-refractivity contribution in [3.8, 4) is 0 Å². The molecule has 3 saturated heterocycles. The number of hydrogen-bond acceptors (Lipinski definition) is 5. The van der Waals surface area contributed by atoms with E-state index in [1.807, 2.05) is 0 Å². The summed E-state index contributed by atoms with van der Waals surface area (Å²) in [6, 6.07) is 4.72. The van der Waals surface area contributed by atoms with E-state index in [1.54, 1.807) is 12.1 Å². The van der Waals surface area contributed by atoms with Crippen molar-refractivity contribution in [3.63, 3.8) is 0 Å². The van der Waals surface area contributed by atoms with Gasteiger partial charge in [0.25, 0.3) is 0 Å². The van der Waals surface area contributed by atoms with E-state index < -0.39 is 23.9 Å². The predicted molar refractivity (Wildman–Crippen MR) is 104 cm³/mol. The topological polar surface area (TPSA) is 103 Å². The van der Waals surface area contributed by atoms with Crippen LogP contribution in [0.1, 0.15) is 19.3 Å². The standard InChI is InChI=1S/C18H21Cl2N5O3/c19-9-3-4-11(20)12(7-9)21-16(27)10-8-13(26)22-15-14(10)17(28)24-18(23-15)25-5-1-2-6-25/h3-4,7,10,14-15,18,23H,1-2,5-6,8H2,(H,21,27)(H,22,26)(H,24,28). The number of piperidine rings is 1. The maximum Gasteiger partial charge on any atom is 0.229 e. The lowest BCUT2D eigenvalue weighted by molar-refractivity contribution is -0.147. The molecule has 3 heterocycles. The fraction of sp³-hybridized carbons (Fsp3) is 0.500. The first-order chi connectivity index (χ1) is 13.4. The van der Waals surface area contributed by atoms with Gasteiger partial charge in [-0.3, -0.25) is 24.6 Å². The molecule has 8 nitrogen and oxygen atoms in total. The summed E-state index contributed by atoms with van der Waals surface area (Å²) in [6.07, 6.45) is 1.11. The number of nitrogens with zero attached hydrogens (tertiary/aromatic N) is 1. The highest BCUT2D eigenvalue weighted by molar-refractivity contribution is 6.35. The number of benzene rings is 1. The summed E-state index contributed by atoms with van der Waals surface area (Å²) in [5, 5.41) is 12.5. The lowest BCUT2D eigenvalue weighted by Gasteiger charge is -2.45. The zero-order chi connectivity index (χ0) is 19.8. The zero-order valence-electron chi connectivity index (χ0n) is 15.0. The third kappa shape index (κ3) is 3.82. The molecule has 3 aliphatic rings. The Morgan fingerprint density at radius 3 is 2.64 bits per heavy atom. The molecule has 1 aromatic carbocycles. The van der Waals surface area contributed by atoms with Crippen LogP contribution in [0, 0.1) is 11.8 Å². The molecule has 3 amide bonds. The van der Waals surface area contributed by atoms with Gasteiger partial charge in [0.15, 0.2) is 0 Å². The molecule has 3 fully saturated rings. The van der Waals surface area contributed by atoms with Crippen molar-refractivity contribution in [2.75, 3.05) is 18.4 Å². The minimum absolute atomic E-state index is 0.0747. The second-order valence-electron chi connectivity index (χ2n) is 7.32. The van der Waals surface area contributed by atoms with Gasteiger partial charge in [0.2, 0.25) is 17.7 Å². The number of carbonyl (C=O) groups is 3. The molecule has 0 bridgehead atoms. The first kappa shape index (κ1) is 19.4. The second-order valence-corrected chi connectivity index (χ2v) is 8.16. The lowest BCUT2D eigenvalue weighted by Crippen LogP contribution is -2.74. The number of likely N-dealkylation sites (tertiary alicyclic amines) is 1. The van der Waals surface area contributed by atoms with Crippen molar-refractivity contribution >= 4 is 46.6 Å². The number of fused-ring (bicyclic) bond motifs is 1. The first-order valence-electron chi connectivity index (χ1n) is 9.28. The maximum atomic E-state index is 12.9. The van der Waals surface area contributed by atoms with Crippen molar-refractivity contribution < 1.29 is 14.4 Å². The van der Waals surface area contributed by atoms with Gasteiger partial charge in [-0.2, -0.15) is 0 Å². The average Bonchev–Trinajstić information content (AvgIpc) is 3.18. The molecule has 4 unspecified atom stereocenters. The molecule has 0 aromatic heterocycles. The fourth-order valence-corrected chi connectivity index (χ4v) is 4.41. The summed E-state index contributed by atoms with van der Waals surface area (Å²) in [5.74, 6) is -2.50. The molecule has 4 rings (SSSR count). The van der Waals surface area contributed by atoms with Gasteiger partial charge in [-0.05, 0) is 31.0 Å². The Morgan fingerprint density at radius 1 is 1.14 bits per heavy atom. The van der Waals surface area contributed by atoms with E-state index in [0.29, 0.717) is 15.7 Å². The van der Waals surface area contributed by atoms with Crippen LogP contribution in [-0.2, 0) is 14.4 Å². The van der Waals surface area contributed by atoms with Crippen LogP contribution in [0.15, 0.2) is 18.2 Å². The van der Waals surface area contributed by atoms with E-state index in [2.05, 4.69) is 26.2 Å². The third-order valence-corrected chi connectivity index (χ3v) is 6.03. The van der Waals surface area contributed by atoms with Crippen LogP contribution in [0.4, 0.5) is 5.69 Å². The summed E-state index contributed by atoms with van der Waals surface area (Å²) in [6.45, 7) is 1.75. The van der Waals surface area contributed by atoms with Crippen LogP contribution < -0.4 is 21.3 Å². The Bertz CT molecular complexity index is 814. The molecule has 0 saturated carbocycles. The SMILES string of the molecule is O=C1CC(C(=O)Nc2cc(Cl)ccc2Cl)C2C(=O)NC(N3CCCC3)NC2N1. The smallest absolute Gasteiger partial charge is 0.229 e. The van der Waals surface area contributed by atoms with Crippen molar-refractivity contribution in [1.29, 1.82) is 0 Å². The molecular formula is C18H21Cl2N5O3. The number of amides is 3. The summed E-state index contributed by atoms with van der Waals surface area (Å²) < 4.78 is 0. The molecule has 4 N–H and O–H groups in total.